The van der Waals surface area contributed by atoms with Crippen molar-refractivity contribution in [2.24, 2.45) is 0 Å². The Morgan fingerprint density at radius 3 is 2.76 bits per heavy atom. The van der Waals surface area contributed by atoms with E-state index in [1.807, 2.05) is 16.7 Å². The van der Waals surface area contributed by atoms with Crippen molar-refractivity contribution in [3.63, 3.8) is 0 Å². The molecule has 0 atom stereocenters. The standard InChI is InChI=1S/C16H14FN3O/c1-21-16-6-5-13(8-14(16)18)20-10-19-9-15(20)11-3-2-4-12(17)7-11/h2-10H,18H2,1H3. The topological polar surface area (TPSA) is 53.1 Å². The highest BCUT2D eigenvalue weighted by Crippen LogP contribution is 2.28. The Labute approximate surface area is 121 Å². The number of halogens is 1. The molecular weight excluding hydrogens is 269 g/mol. The number of nitrogens with two attached hydrogens (primary N) is 1. The van der Waals surface area contributed by atoms with Crippen molar-refractivity contribution in [2.45, 2.75) is 0 Å². The number of aromatic nitrogens is 2. The summed E-state index contributed by atoms with van der Waals surface area (Å²) in [6.45, 7) is 0. The number of nitrogens with zero attached hydrogens (tertiary/aromatic N) is 2. The number of anilines is 1. The first-order valence-corrected chi connectivity index (χ1v) is 6.41. The quantitative estimate of drug-likeness (QED) is 0.751. The minimum atomic E-state index is -0.283. The number of hydrogen-bond donors (Lipinski definition) is 1. The van der Waals surface area contributed by atoms with E-state index in [4.69, 9.17) is 10.5 Å². The van der Waals surface area contributed by atoms with Crippen LogP contribution < -0.4 is 10.5 Å². The van der Waals surface area contributed by atoms with Gasteiger partial charge in [-0.25, -0.2) is 9.37 Å². The highest BCUT2D eigenvalue weighted by molar-refractivity contribution is 5.64. The molecule has 0 bridgehead atoms. The summed E-state index contributed by atoms with van der Waals surface area (Å²) in [5, 5.41) is 0. The Bertz CT molecular complexity index is 783. The molecule has 0 saturated carbocycles. The van der Waals surface area contributed by atoms with Gasteiger partial charge in [0.1, 0.15) is 11.6 Å². The lowest BCUT2D eigenvalue weighted by Crippen LogP contribution is -1.98. The molecule has 0 radical (unpaired) electrons. The maximum atomic E-state index is 13.4. The Hall–Kier alpha value is -2.82. The molecule has 1 heterocycles. The zero-order valence-electron chi connectivity index (χ0n) is 11.5. The van der Waals surface area contributed by atoms with E-state index >= 15 is 0 Å². The Morgan fingerprint density at radius 2 is 2.05 bits per heavy atom. The molecular formula is C16H14FN3O. The maximum absolute atomic E-state index is 13.4. The summed E-state index contributed by atoms with van der Waals surface area (Å²) >= 11 is 0. The third-order valence-electron chi connectivity index (χ3n) is 3.25. The van der Waals surface area contributed by atoms with E-state index in [1.165, 1.54) is 12.1 Å². The van der Waals surface area contributed by atoms with Gasteiger partial charge < -0.3 is 10.5 Å². The minimum Gasteiger partial charge on any atom is -0.495 e. The zero-order chi connectivity index (χ0) is 14.8. The molecule has 21 heavy (non-hydrogen) atoms. The molecule has 0 spiro atoms. The minimum absolute atomic E-state index is 0.283. The van der Waals surface area contributed by atoms with Gasteiger partial charge in [-0.1, -0.05) is 12.1 Å². The monoisotopic (exact) mass is 283 g/mol. The van der Waals surface area contributed by atoms with Crippen molar-refractivity contribution in [3.05, 3.63) is 60.8 Å². The van der Waals surface area contributed by atoms with E-state index in [2.05, 4.69) is 4.98 Å². The number of benzene rings is 2. The maximum Gasteiger partial charge on any atom is 0.141 e. The average molecular weight is 283 g/mol. The molecule has 0 aliphatic heterocycles. The van der Waals surface area contributed by atoms with Crippen LogP contribution in [0.3, 0.4) is 0 Å². The van der Waals surface area contributed by atoms with Crippen LogP contribution in [0.2, 0.25) is 0 Å². The second kappa shape index (κ2) is 5.28. The second-order valence-electron chi connectivity index (χ2n) is 4.59. The van der Waals surface area contributed by atoms with Crippen LogP contribution >= 0.6 is 0 Å². The average Bonchev–Trinajstić information content (AvgIpc) is 2.96. The summed E-state index contributed by atoms with van der Waals surface area (Å²) in [5.41, 5.74) is 8.85. The predicted molar refractivity (Wildman–Crippen MR) is 79.9 cm³/mol. The zero-order valence-corrected chi connectivity index (χ0v) is 11.5. The van der Waals surface area contributed by atoms with Crippen LogP contribution in [0.15, 0.2) is 55.0 Å². The molecule has 0 fully saturated rings. The largest absolute Gasteiger partial charge is 0.495 e. The summed E-state index contributed by atoms with van der Waals surface area (Å²) in [7, 11) is 1.57. The molecule has 5 heteroatoms. The van der Waals surface area contributed by atoms with Gasteiger partial charge in [0.25, 0.3) is 0 Å². The third-order valence-corrected chi connectivity index (χ3v) is 3.25. The van der Waals surface area contributed by atoms with Gasteiger partial charge in [-0.3, -0.25) is 4.57 Å². The first kappa shape index (κ1) is 13.2. The molecule has 0 aliphatic carbocycles. The van der Waals surface area contributed by atoms with Gasteiger partial charge in [-0.2, -0.15) is 0 Å². The molecule has 0 saturated heterocycles. The molecule has 3 aromatic rings. The van der Waals surface area contributed by atoms with E-state index in [0.29, 0.717) is 11.4 Å². The molecule has 0 unspecified atom stereocenters. The molecule has 2 aromatic carbocycles. The van der Waals surface area contributed by atoms with Crippen molar-refractivity contribution in [1.29, 1.82) is 0 Å². The Morgan fingerprint density at radius 1 is 1.19 bits per heavy atom. The molecule has 106 valence electrons. The van der Waals surface area contributed by atoms with Gasteiger partial charge in [-0.05, 0) is 30.3 Å². The lowest BCUT2D eigenvalue weighted by molar-refractivity contribution is 0.417. The van der Waals surface area contributed by atoms with Crippen LogP contribution in [-0.2, 0) is 0 Å². The number of hydrogen-bond acceptors (Lipinski definition) is 3. The SMILES string of the molecule is COc1ccc(-n2cncc2-c2cccc(F)c2)cc1N. The van der Waals surface area contributed by atoms with Gasteiger partial charge >= 0.3 is 0 Å². The van der Waals surface area contributed by atoms with Crippen LogP contribution in [0.25, 0.3) is 16.9 Å². The van der Waals surface area contributed by atoms with E-state index in [0.717, 1.165) is 16.9 Å². The molecule has 0 aliphatic rings. The molecule has 2 N–H and O–H groups in total. The van der Waals surface area contributed by atoms with Crippen molar-refractivity contribution >= 4 is 5.69 Å². The van der Waals surface area contributed by atoms with Gasteiger partial charge in [0.2, 0.25) is 0 Å². The molecule has 3 rings (SSSR count). The molecule has 1 aromatic heterocycles. The molecule has 0 amide bonds. The predicted octanol–water partition coefficient (Wildman–Crippen LogP) is 3.27. The number of ether oxygens (including phenoxy) is 1. The Kier molecular flexibility index (Phi) is 3.31. The van der Waals surface area contributed by atoms with E-state index in [1.54, 1.807) is 37.8 Å². The van der Waals surface area contributed by atoms with E-state index in [-0.39, 0.29) is 5.82 Å². The highest BCUT2D eigenvalue weighted by Gasteiger charge is 2.09. The van der Waals surface area contributed by atoms with Crippen molar-refractivity contribution in [3.8, 4) is 22.7 Å². The van der Waals surface area contributed by atoms with Crippen LogP contribution in [0, 0.1) is 5.82 Å². The summed E-state index contributed by atoms with van der Waals surface area (Å²) in [5.74, 6) is 0.334. The highest BCUT2D eigenvalue weighted by atomic mass is 19.1. The van der Waals surface area contributed by atoms with Crippen LogP contribution in [0.4, 0.5) is 10.1 Å². The van der Waals surface area contributed by atoms with Crippen LogP contribution in [-0.4, -0.2) is 16.7 Å². The van der Waals surface area contributed by atoms with E-state index < -0.39 is 0 Å². The number of methoxy groups -OCH3 is 1. The summed E-state index contributed by atoms with van der Waals surface area (Å²) < 4.78 is 20.4. The van der Waals surface area contributed by atoms with Gasteiger partial charge in [0.15, 0.2) is 0 Å². The molecule has 4 nitrogen and oxygen atoms in total. The number of nitrogen functional groups attached to an aromatic ring is 1. The lowest BCUT2D eigenvalue weighted by Gasteiger charge is -2.11. The fourth-order valence-corrected chi connectivity index (χ4v) is 2.23. The van der Waals surface area contributed by atoms with E-state index in [9.17, 15) is 4.39 Å². The van der Waals surface area contributed by atoms with Crippen molar-refractivity contribution in [1.82, 2.24) is 9.55 Å². The normalized spacial score (nSPS) is 10.6. The fraction of sp³-hybridized carbons (Fsp3) is 0.0625. The van der Waals surface area contributed by atoms with Crippen LogP contribution in [0.1, 0.15) is 0 Å². The first-order valence-electron chi connectivity index (χ1n) is 6.41. The summed E-state index contributed by atoms with van der Waals surface area (Å²) in [6.07, 6.45) is 3.36. The summed E-state index contributed by atoms with van der Waals surface area (Å²) in [4.78, 5) is 4.15. The van der Waals surface area contributed by atoms with Crippen molar-refractivity contribution in [2.75, 3.05) is 12.8 Å². The Balaban J connectivity index is 2.09. The summed E-state index contributed by atoms with van der Waals surface area (Å²) in [6, 6.07) is 11.9. The van der Waals surface area contributed by atoms with Gasteiger partial charge in [0, 0.05) is 11.3 Å². The first-order chi connectivity index (χ1) is 10.2. The van der Waals surface area contributed by atoms with Crippen molar-refractivity contribution < 1.29 is 9.13 Å². The number of rotatable bonds is 3. The smallest absolute Gasteiger partial charge is 0.141 e. The van der Waals surface area contributed by atoms with Crippen LogP contribution in [0.5, 0.6) is 5.75 Å². The van der Waals surface area contributed by atoms with Gasteiger partial charge in [-0.15, -0.1) is 0 Å². The lowest BCUT2D eigenvalue weighted by atomic mass is 10.1. The fourth-order valence-electron chi connectivity index (χ4n) is 2.23. The number of imidazole rings is 1. The second-order valence-corrected chi connectivity index (χ2v) is 4.59. The van der Waals surface area contributed by atoms with Gasteiger partial charge in [0.05, 0.1) is 31.0 Å². The third kappa shape index (κ3) is 2.45.